The van der Waals surface area contributed by atoms with E-state index in [4.69, 9.17) is 10.5 Å². The Morgan fingerprint density at radius 3 is 2.83 bits per heavy atom. The Balaban J connectivity index is 1.69. The minimum Gasteiger partial charge on any atom is -0.437 e. The smallest absolute Gasteiger partial charge is 0.437 e. The zero-order valence-electron chi connectivity index (χ0n) is 16.9. The summed E-state index contributed by atoms with van der Waals surface area (Å²) in [7, 11) is 1.28. The van der Waals surface area contributed by atoms with Crippen LogP contribution in [0.1, 0.15) is 43.4 Å². The van der Waals surface area contributed by atoms with E-state index in [1.54, 1.807) is 10.6 Å². The summed E-state index contributed by atoms with van der Waals surface area (Å²) in [5.41, 5.74) is 8.93. The minimum absolute atomic E-state index is 0.315. The summed E-state index contributed by atoms with van der Waals surface area (Å²) in [6.45, 7) is 4.42. The van der Waals surface area contributed by atoms with Crippen LogP contribution >= 0.6 is 0 Å². The SMILES string of the molecule is CC[C@H]1C[C@@H]2C[C@H]3c4c(c5cc(OC(=O)OC)ccc5n4C(N)=O)CCN(C2)[C@@H]13. The quantitative estimate of drug-likeness (QED) is 0.619. The third kappa shape index (κ3) is 2.74. The summed E-state index contributed by atoms with van der Waals surface area (Å²) < 4.78 is 11.6. The minimum atomic E-state index is -0.755. The Morgan fingerprint density at radius 1 is 1.28 bits per heavy atom. The molecule has 1 aliphatic carbocycles. The van der Waals surface area contributed by atoms with Gasteiger partial charge in [0.2, 0.25) is 0 Å². The van der Waals surface area contributed by atoms with Crippen LogP contribution in [0.4, 0.5) is 9.59 Å². The van der Waals surface area contributed by atoms with E-state index in [9.17, 15) is 9.59 Å². The molecule has 4 bridgehead atoms. The molecule has 0 radical (unpaired) electrons. The maximum atomic E-state index is 12.6. The number of piperidine rings is 2. The number of ether oxygens (including phenoxy) is 2. The number of hydrogen-bond acceptors (Lipinski definition) is 5. The molecule has 0 spiro atoms. The van der Waals surface area contributed by atoms with Gasteiger partial charge >= 0.3 is 12.2 Å². The van der Waals surface area contributed by atoms with E-state index >= 15 is 0 Å². The van der Waals surface area contributed by atoms with Crippen molar-refractivity contribution >= 4 is 23.1 Å². The molecule has 4 heterocycles. The topological polar surface area (TPSA) is 86.8 Å². The summed E-state index contributed by atoms with van der Waals surface area (Å²) in [5, 5.41) is 0.942. The van der Waals surface area contributed by atoms with Crippen molar-refractivity contribution in [1.82, 2.24) is 9.47 Å². The number of carbonyl (C=O) groups excluding carboxylic acids is 2. The first-order valence-electron chi connectivity index (χ1n) is 10.5. The second-order valence-electron chi connectivity index (χ2n) is 8.62. The lowest BCUT2D eigenvalue weighted by molar-refractivity contribution is -0.0138. The third-order valence-electron chi connectivity index (χ3n) is 7.23. The largest absolute Gasteiger partial charge is 0.513 e. The van der Waals surface area contributed by atoms with Gasteiger partial charge in [0.25, 0.3) is 0 Å². The van der Waals surface area contributed by atoms with E-state index in [1.807, 2.05) is 12.1 Å². The van der Waals surface area contributed by atoms with Gasteiger partial charge in [-0.1, -0.05) is 13.3 Å². The number of hydrogen-bond donors (Lipinski definition) is 1. The number of methoxy groups -OCH3 is 1. The van der Waals surface area contributed by atoms with Crippen molar-refractivity contribution in [1.29, 1.82) is 0 Å². The van der Waals surface area contributed by atoms with Crippen molar-refractivity contribution in [2.75, 3.05) is 20.2 Å². The molecule has 3 aliphatic heterocycles. The summed E-state index contributed by atoms with van der Waals surface area (Å²) in [6.07, 6.45) is 3.67. The van der Waals surface area contributed by atoms with Gasteiger partial charge in [0, 0.05) is 36.1 Å². The molecule has 2 saturated heterocycles. The number of nitrogens with zero attached hydrogens (tertiary/aromatic N) is 2. The molecule has 5 atom stereocenters. The van der Waals surface area contributed by atoms with E-state index in [0.29, 0.717) is 29.5 Å². The number of fused-ring (bicyclic) bond motifs is 4. The van der Waals surface area contributed by atoms with Crippen molar-refractivity contribution in [2.24, 2.45) is 17.6 Å². The predicted molar refractivity (Wildman–Crippen MR) is 108 cm³/mol. The third-order valence-corrected chi connectivity index (χ3v) is 7.23. The molecular weight excluding hydrogens is 370 g/mol. The van der Waals surface area contributed by atoms with Crippen LogP contribution in [0.5, 0.6) is 5.75 Å². The first-order chi connectivity index (χ1) is 14.0. The fourth-order valence-corrected chi connectivity index (χ4v) is 6.27. The van der Waals surface area contributed by atoms with Crippen molar-refractivity contribution in [3.63, 3.8) is 0 Å². The number of amides is 1. The Bertz CT molecular complexity index is 998. The fraction of sp³-hybridized carbons (Fsp3) is 0.545. The Morgan fingerprint density at radius 2 is 2.10 bits per heavy atom. The van der Waals surface area contributed by atoms with E-state index in [2.05, 4.69) is 16.6 Å². The number of aromatic nitrogens is 1. The van der Waals surface area contributed by atoms with Gasteiger partial charge in [0.05, 0.1) is 12.6 Å². The van der Waals surface area contributed by atoms with Crippen LogP contribution in [-0.2, 0) is 11.2 Å². The molecule has 154 valence electrons. The van der Waals surface area contributed by atoms with Gasteiger partial charge in [-0.3, -0.25) is 9.47 Å². The summed E-state index contributed by atoms with van der Waals surface area (Å²) in [6, 6.07) is 5.38. The van der Waals surface area contributed by atoms with Crippen LogP contribution in [-0.4, -0.2) is 47.9 Å². The van der Waals surface area contributed by atoms with Crippen LogP contribution in [0.15, 0.2) is 18.2 Å². The predicted octanol–water partition coefficient (Wildman–Crippen LogP) is 3.47. The van der Waals surface area contributed by atoms with Crippen molar-refractivity contribution in [3.8, 4) is 5.75 Å². The summed E-state index contributed by atoms with van der Waals surface area (Å²) >= 11 is 0. The van der Waals surface area contributed by atoms with Crippen molar-refractivity contribution in [2.45, 2.75) is 44.6 Å². The maximum Gasteiger partial charge on any atom is 0.513 e. The molecule has 1 unspecified atom stereocenters. The Hall–Kier alpha value is -2.54. The number of primary amides is 1. The second kappa shape index (κ2) is 6.76. The monoisotopic (exact) mass is 397 g/mol. The summed E-state index contributed by atoms with van der Waals surface area (Å²) in [4.78, 5) is 26.7. The lowest BCUT2D eigenvalue weighted by Crippen LogP contribution is -2.56. The Kier molecular flexibility index (Phi) is 4.31. The second-order valence-corrected chi connectivity index (χ2v) is 8.62. The number of benzene rings is 1. The molecule has 2 aromatic rings. The van der Waals surface area contributed by atoms with Gasteiger partial charge in [-0.05, 0) is 54.9 Å². The van der Waals surface area contributed by atoms with Gasteiger partial charge in [0.15, 0.2) is 0 Å². The van der Waals surface area contributed by atoms with Crippen LogP contribution in [0.25, 0.3) is 10.9 Å². The zero-order valence-corrected chi connectivity index (χ0v) is 16.9. The highest BCUT2D eigenvalue weighted by atomic mass is 16.7. The fourth-order valence-electron chi connectivity index (χ4n) is 6.27. The highest BCUT2D eigenvalue weighted by Crippen LogP contribution is 2.52. The molecule has 1 amide bonds. The molecular formula is C22H27N3O4. The average Bonchev–Trinajstić information content (AvgIpc) is 2.99. The highest BCUT2D eigenvalue weighted by molar-refractivity contribution is 5.96. The van der Waals surface area contributed by atoms with Gasteiger partial charge in [0.1, 0.15) is 5.75 Å². The standard InChI is InChI=1S/C22H27N3O4/c1-3-13-8-12-9-17-19(13)24(11-12)7-6-15-16-10-14(29-22(27)28-2)4-5-18(16)25(20(15)17)21(23)26/h4-5,10,12-13,17,19H,3,6-9,11H2,1-2H3,(H2,23,26)/t12-,13+,17-,19+/m1/s1. The van der Waals surface area contributed by atoms with Crippen LogP contribution < -0.4 is 10.5 Å². The highest BCUT2D eigenvalue weighted by Gasteiger charge is 2.49. The van der Waals surface area contributed by atoms with Gasteiger partial charge in [-0.25, -0.2) is 9.59 Å². The number of rotatable bonds is 2. The number of nitrogens with two attached hydrogens (primary N) is 1. The molecule has 7 heteroatoms. The first-order valence-corrected chi connectivity index (χ1v) is 10.5. The molecule has 2 N–H and O–H groups in total. The molecule has 7 nitrogen and oxygen atoms in total. The maximum absolute atomic E-state index is 12.6. The van der Waals surface area contributed by atoms with Crippen LogP contribution in [0, 0.1) is 11.8 Å². The van der Waals surface area contributed by atoms with E-state index in [0.717, 1.165) is 48.9 Å². The lowest BCUT2D eigenvalue weighted by Gasteiger charge is -2.53. The van der Waals surface area contributed by atoms with Gasteiger partial charge < -0.3 is 15.2 Å². The zero-order chi connectivity index (χ0) is 20.3. The Labute approximate surface area is 169 Å². The molecule has 1 saturated carbocycles. The molecule has 29 heavy (non-hydrogen) atoms. The van der Waals surface area contributed by atoms with Crippen molar-refractivity contribution in [3.05, 3.63) is 29.5 Å². The molecule has 4 aliphatic rings. The molecule has 1 aromatic carbocycles. The molecule has 6 rings (SSSR count). The van der Waals surface area contributed by atoms with E-state index < -0.39 is 12.2 Å². The van der Waals surface area contributed by atoms with Gasteiger partial charge in [-0.2, -0.15) is 0 Å². The normalized spacial score (nSPS) is 29.9. The molecule has 3 fully saturated rings. The van der Waals surface area contributed by atoms with E-state index in [-0.39, 0.29) is 0 Å². The van der Waals surface area contributed by atoms with Gasteiger partial charge in [-0.15, -0.1) is 0 Å². The van der Waals surface area contributed by atoms with Crippen LogP contribution in [0.2, 0.25) is 0 Å². The average molecular weight is 397 g/mol. The first kappa shape index (κ1) is 18.5. The number of carbonyl (C=O) groups is 2. The van der Waals surface area contributed by atoms with E-state index in [1.165, 1.54) is 19.1 Å². The summed E-state index contributed by atoms with van der Waals surface area (Å²) in [5.74, 6) is 2.07. The van der Waals surface area contributed by atoms with Crippen molar-refractivity contribution < 1.29 is 19.1 Å². The van der Waals surface area contributed by atoms with Crippen LogP contribution in [0.3, 0.4) is 0 Å². The molecule has 1 aromatic heterocycles. The lowest BCUT2D eigenvalue weighted by atomic mass is 9.65.